The highest BCUT2D eigenvalue weighted by atomic mass is 35.5. The molecule has 1 amide bonds. The highest BCUT2D eigenvalue weighted by Gasteiger charge is 2.36. The van der Waals surface area contributed by atoms with E-state index in [1.54, 1.807) is 11.0 Å². The molecule has 0 aliphatic carbocycles. The van der Waals surface area contributed by atoms with Gasteiger partial charge in [0.1, 0.15) is 0 Å². The second kappa shape index (κ2) is 7.62. The monoisotopic (exact) mass is 340 g/mol. The molecule has 1 aromatic rings. The first kappa shape index (κ1) is 18.2. The molecular formula is C17H25ClN2O3. The Hall–Kier alpha value is -1.14. The van der Waals surface area contributed by atoms with Crippen LogP contribution in [-0.4, -0.2) is 60.4 Å². The minimum absolute atomic E-state index is 0.0186. The molecule has 0 spiro atoms. The van der Waals surface area contributed by atoms with E-state index >= 15 is 0 Å². The highest BCUT2D eigenvalue weighted by Crippen LogP contribution is 2.30. The predicted octanol–water partition coefficient (Wildman–Crippen LogP) is 1.76. The Bertz CT molecular complexity index is 548. The van der Waals surface area contributed by atoms with Crippen LogP contribution < -0.4 is 4.90 Å². The largest absolute Gasteiger partial charge is 0.396 e. The van der Waals surface area contributed by atoms with Gasteiger partial charge in [0.25, 0.3) is 0 Å². The van der Waals surface area contributed by atoms with Crippen molar-refractivity contribution in [3.63, 3.8) is 0 Å². The van der Waals surface area contributed by atoms with Crippen LogP contribution in [0.1, 0.15) is 19.8 Å². The number of aliphatic hydroxyl groups excluding tert-OH is 2. The fourth-order valence-electron chi connectivity index (χ4n) is 3.04. The minimum atomic E-state index is -0.623. The van der Waals surface area contributed by atoms with Gasteiger partial charge in [-0.2, -0.15) is 0 Å². The summed E-state index contributed by atoms with van der Waals surface area (Å²) >= 11 is 6.23. The van der Waals surface area contributed by atoms with Gasteiger partial charge in [-0.1, -0.05) is 30.7 Å². The summed E-state index contributed by atoms with van der Waals surface area (Å²) in [7, 11) is 1.86. The van der Waals surface area contributed by atoms with Crippen LogP contribution in [0.2, 0.25) is 5.02 Å². The molecule has 23 heavy (non-hydrogen) atoms. The molecule has 1 aromatic carbocycles. The lowest BCUT2D eigenvalue weighted by Crippen LogP contribution is -2.54. The first-order valence-electron chi connectivity index (χ1n) is 7.90. The third kappa shape index (κ3) is 4.04. The number of carbonyl (C=O) groups is 1. The van der Waals surface area contributed by atoms with Gasteiger partial charge in [0, 0.05) is 18.5 Å². The van der Waals surface area contributed by atoms with E-state index < -0.39 is 5.41 Å². The van der Waals surface area contributed by atoms with E-state index in [0.29, 0.717) is 18.1 Å². The minimum Gasteiger partial charge on any atom is -0.396 e. The van der Waals surface area contributed by atoms with Crippen molar-refractivity contribution in [3.05, 3.63) is 29.3 Å². The van der Waals surface area contributed by atoms with Gasteiger partial charge in [-0.15, -0.1) is 0 Å². The molecule has 0 saturated carbocycles. The Labute approximate surface area is 142 Å². The van der Waals surface area contributed by atoms with Crippen molar-refractivity contribution < 1.29 is 15.0 Å². The van der Waals surface area contributed by atoms with Gasteiger partial charge in [-0.3, -0.25) is 9.69 Å². The van der Waals surface area contributed by atoms with E-state index in [0.717, 1.165) is 18.5 Å². The average molecular weight is 341 g/mol. The summed E-state index contributed by atoms with van der Waals surface area (Å²) in [6, 6.07) is 7.09. The van der Waals surface area contributed by atoms with Gasteiger partial charge < -0.3 is 15.1 Å². The van der Waals surface area contributed by atoms with Gasteiger partial charge in [0.2, 0.25) is 5.91 Å². The summed E-state index contributed by atoms with van der Waals surface area (Å²) in [6.45, 7) is 2.67. The molecule has 1 unspecified atom stereocenters. The van der Waals surface area contributed by atoms with Gasteiger partial charge in [0.15, 0.2) is 0 Å². The molecule has 0 radical (unpaired) electrons. The number of anilines is 1. The van der Waals surface area contributed by atoms with Crippen molar-refractivity contribution in [1.82, 2.24) is 4.90 Å². The zero-order chi connectivity index (χ0) is 17.0. The number of hydrogen-bond donors (Lipinski definition) is 2. The third-order valence-corrected chi connectivity index (χ3v) is 4.80. The zero-order valence-electron chi connectivity index (χ0n) is 13.7. The van der Waals surface area contributed by atoms with Gasteiger partial charge >= 0.3 is 0 Å². The van der Waals surface area contributed by atoms with Crippen LogP contribution in [0.15, 0.2) is 24.3 Å². The first-order chi connectivity index (χ1) is 10.9. The quantitative estimate of drug-likeness (QED) is 0.828. The van der Waals surface area contributed by atoms with Crippen LogP contribution in [0.3, 0.4) is 0 Å². The topological polar surface area (TPSA) is 64.0 Å². The number of carbonyl (C=O) groups excluding carboxylic acids is 1. The summed E-state index contributed by atoms with van der Waals surface area (Å²) in [5, 5.41) is 19.5. The van der Waals surface area contributed by atoms with Gasteiger partial charge in [-0.05, 0) is 32.0 Å². The van der Waals surface area contributed by atoms with Crippen LogP contribution in [0.25, 0.3) is 0 Å². The maximum atomic E-state index is 12.9. The number of benzene rings is 1. The number of halogens is 1. The number of likely N-dealkylation sites (N-methyl/N-ethyl adjacent to an activating group) is 1. The van der Waals surface area contributed by atoms with Crippen molar-refractivity contribution in [2.75, 3.05) is 38.3 Å². The maximum Gasteiger partial charge on any atom is 0.244 e. The van der Waals surface area contributed by atoms with Crippen molar-refractivity contribution in [1.29, 1.82) is 0 Å². The molecule has 0 aromatic heterocycles. The van der Waals surface area contributed by atoms with E-state index in [1.165, 1.54) is 0 Å². The molecule has 2 rings (SSSR count). The molecule has 6 heteroatoms. The Morgan fingerprint density at radius 3 is 2.61 bits per heavy atom. The summed E-state index contributed by atoms with van der Waals surface area (Å²) in [4.78, 5) is 16.5. The number of para-hydroxylation sites is 1. The van der Waals surface area contributed by atoms with E-state index in [1.807, 2.05) is 37.1 Å². The molecule has 1 aliphatic heterocycles. The lowest BCUT2D eigenvalue weighted by molar-refractivity contribution is -0.125. The fourth-order valence-corrected chi connectivity index (χ4v) is 3.28. The van der Waals surface area contributed by atoms with Gasteiger partial charge in [0.05, 0.1) is 30.0 Å². The average Bonchev–Trinajstić information content (AvgIpc) is 2.55. The number of nitrogens with zero attached hydrogens (tertiary/aromatic N) is 2. The molecule has 1 aliphatic rings. The Balaban J connectivity index is 2.15. The van der Waals surface area contributed by atoms with Crippen molar-refractivity contribution >= 4 is 23.2 Å². The lowest BCUT2D eigenvalue weighted by atomic mass is 9.91. The third-order valence-electron chi connectivity index (χ3n) is 4.48. The molecular weight excluding hydrogens is 316 g/mol. The number of hydrogen-bond acceptors (Lipinski definition) is 4. The normalized spacial score (nSPS) is 19.5. The number of piperidine rings is 1. The summed E-state index contributed by atoms with van der Waals surface area (Å²) in [5.74, 6) is 0.0186. The molecule has 1 fully saturated rings. The molecule has 128 valence electrons. The van der Waals surface area contributed by atoms with E-state index in [2.05, 4.69) is 0 Å². The first-order valence-corrected chi connectivity index (χ1v) is 8.27. The van der Waals surface area contributed by atoms with Crippen LogP contribution in [-0.2, 0) is 4.79 Å². The lowest BCUT2D eigenvalue weighted by Gasteiger charge is -2.40. The molecule has 0 bridgehead atoms. The van der Waals surface area contributed by atoms with Crippen molar-refractivity contribution in [2.24, 2.45) is 5.41 Å². The van der Waals surface area contributed by atoms with Crippen LogP contribution in [0.4, 0.5) is 5.69 Å². The van der Waals surface area contributed by atoms with Crippen LogP contribution in [0, 0.1) is 5.41 Å². The fraction of sp³-hybridized carbons (Fsp3) is 0.588. The molecule has 2 N–H and O–H groups in total. The second-order valence-corrected chi connectivity index (χ2v) is 7.05. The second-order valence-electron chi connectivity index (χ2n) is 6.64. The standard InChI is InChI=1S/C17H25ClN2O3/c1-17(11-21,12-22)10-19(2)15-8-5-9-20(16(15)23)14-7-4-3-6-13(14)18/h3-4,6-7,15,21-22H,5,8-12H2,1-2H3. The van der Waals surface area contributed by atoms with Crippen molar-refractivity contribution in [3.8, 4) is 0 Å². The van der Waals surface area contributed by atoms with Gasteiger partial charge in [-0.25, -0.2) is 0 Å². The Kier molecular flexibility index (Phi) is 6.03. The highest BCUT2D eigenvalue weighted by molar-refractivity contribution is 6.33. The number of rotatable bonds is 6. The molecule has 1 heterocycles. The number of amides is 1. The predicted molar refractivity (Wildman–Crippen MR) is 91.7 cm³/mol. The maximum absolute atomic E-state index is 12.9. The zero-order valence-corrected chi connectivity index (χ0v) is 14.5. The van der Waals surface area contributed by atoms with Crippen molar-refractivity contribution in [2.45, 2.75) is 25.8 Å². The summed E-state index contributed by atoms with van der Waals surface area (Å²) < 4.78 is 0. The van der Waals surface area contributed by atoms with E-state index in [4.69, 9.17) is 11.6 Å². The molecule has 1 saturated heterocycles. The van der Waals surface area contributed by atoms with E-state index in [-0.39, 0.29) is 25.2 Å². The summed E-state index contributed by atoms with van der Waals surface area (Å²) in [6.07, 6.45) is 1.66. The van der Waals surface area contributed by atoms with Crippen LogP contribution >= 0.6 is 11.6 Å². The summed E-state index contributed by atoms with van der Waals surface area (Å²) in [5.41, 5.74) is 0.117. The molecule has 5 nitrogen and oxygen atoms in total. The smallest absolute Gasteiger partial charge is 0.244 e. The Morgan fingerprint density at radius 2 is 2.00 bits per heavy atom. The molecule has 1 atom stereocenters. The van der Waals surface area contributed by atoms with E-state index in [9.17, 15) is 15.0 Å². The van der Waals surface area contributed by atoms with Crippen LogP contribution in [0.5, 0.6) is 0 Å². The number of aliphatic hydroxyl groups is 2. The Morgan fingerprint density at radius 1 is 1.35 bits per heavy atom. The SMILES string of the molecule is CN(CC(C)(CO)CO)C1CCCN(c2ccccc2Cl)C1=O.